The summed E-state index contributed by atoms with van der Waals surface area (Å²) in [5.74, 6) is -0.793. The fraction of sp³-hybridized carbons (Fsp3) is 0.192. The van der Waals surface area contributed by atoms with Crippen molar-refractivity contribution in [1.82, 2.24) is 9.91 Å². The molecule has 1 aliphatic heterocycles. The van der Waals surface area contributed by atoms with Gasteiger partial charge in [0.2, 0.25) is 0 Å². The number of hydrogen-bond acceptors (Lipinski definition) is 4. The zero-order valence-corrected chi connectivity index (χ0v) is 18.4. The number of methoxy groups -OCH3 is 1. The van der Waals surface area contributed by atoms with E-state index in [0.29, 0.717) is 6.42 Å². The van der Waals surface area contributed by atoms with Crippen LogP contribution in [-0.2, 0) is 4.79 Å². The molecule has 2 amide bonds. The van der Waals surface area contributed by atoms with Crippen molar-refractivity contribution in [3.8, 4) is 5.75 Å². The van der Waals surface area contributed by atoms with Crippen molar-refractivity contribution in [2.75, 3.05) is 20.7 Å². The van der Waals surface area contributed by atoms with Crippen LogP contribution in [0.4, 0.5) is 4.39 Å². The summed E-state index contributed by atoms with van der Waals surface area (Å²) in [7, 11) is 3.08. The van der Waals surface area contributed by atoms with Gasteiger partial charge in [-0.15, -0.1) is 0 Å². The molecule has 168 valence electrons. The zero-order chi connectivity index (χ0) is 23.4. The Morgan fingerprint density at radius 1 is 1.03 bits per heavy atom. The van der Waals surface area contributed by atoms with E-state index in [2.05, 4.69) is 5.10 Å². The zero-order valence-electron chi connectivity index (χ0n) is 18.4. The lowest BCUT2D eigenvalue weighted by molar-refractivity contribution is -0.133. The summed E-state index contributed by atoms with van der Waals surface area (Å²) in [6.07, 6.45) is 0.535. The first-order valence-electron chi connectivity index (χ1n) is 10.6. The molecule has 0 fully saturated rings. The molecule has 0 N–H and O–H groups in total. The minimum atomic E-state index is -0.620. The lowest BCUT2D eigenvalue weighted by Crippen LogP contribution is -2.39. The Bertz CT molecular complexity index is 1180. The van der Waals surface area contributed by atoms with Crippen LogP contribution in [0.2, 0.25) is 0 Å². The van der Waals surface area contributed by atoms with E-state index in [0.717, 1.165) is 22.6 Å². The molecule has 33 heavy (non-hydrogen) atoms. The van der Waals surface area contributed by atoms with Crippen molar-refractivity contribution in [2.45, 2.75) is 12.5 Å². The second-order valence-corrected chi connectivity index (χ2v) is 7.79. The number of hydrazone groups is 1. The van der Waals surface area contributed by atoms with E-state index < -0.39 is 11.7 Å². The van der Waals surface area contributed by atoms with Crippen molar-refractivity contribution >= 4 is 17.5 Å². The summed E-state index contributed by atoms with van der Waals surface area (Å²) in [5, 5.41) is 6.05. The summed E-state index contributed by atoms with van der Waals surface area (Å²) < 4.78 is 19.3. The van der Waals surface area contributed by atoms with Crippen LogP contribution in [0.1, 0.15) is 33.9 Å². The smallest absolute Gasteiger partial charge is 0.262 e. The van der Waals surface area contributed by atoms with Gasteiger partial charge in [0.25, 0.3) is 11.8 Å². The number of carbonyl (C=O) groups excluding carboxylic acids is 2. The Labute approximate surface area is 191 Å². The van der Waals surface area contributed by atoms with Crippen LogP contribution in [0, 0.1) is 5.82 Å². The van der Waals surface area contributed by atoms with Gasteiger partial charge in [-0.2, -0.15) is 5.10 Å². The van der Waals surface area contributed by atoms with Crippen molar-refractivity contribution in [3.63, 3.8) is 0 Å². The Morgan fingerprint density at radius 3 is 2.36 bits per heavy atom. The van der Waals surface area contributed by atoms with Gasteiger partial charge in [0.15, 0.2) is 0 Å². The van der Waals surface area contributed by atoms with Gasteiger partial charge < -0.3 is 9.64 Å². The van der Waals surface area contributed by atoms with E-state index in [9.17, 15) is 14.0 Å². The lowest BCUT2D eigenvalue weighted by atomic mass is 9.98. The number of ether oxygens (including phenoxy) is 1. The SMILES string of the molecule is COc1ccc(C2=NN(C(=O)CN(C)C(=O)c3ccccc3F)[C@@H](c3ccccc3)C2)cc1. The van der Waals surface area contributed by atoms with Gasteiger partial charge in [0.1, 0.15) is 18.1 Å². The molecule has 0 saturated heterocycles. The Kier molecular flexibility index (Phi) is 6.49. The second-order valence-electron chi connectivity index (χ2n) is 7.79. The van der Waals surface area contributed by atoms with Crippen LogP contribution in [0.15, 0.2) is 84.0 Å². The second kappa shape index (κ2) is 9.65. The maximum Gasteiger partial charge on any atom is 0.262 e. The number of halogens is 1. The Hall–Kier alpha value is -4.00. The molecular formula is C26H24FN3O3. The van der Waals surface area contributed by atoms with E-state index in [-0.39, 0.29) is 24.1 Å². The molecule has 3 aromatic carbocycles. The van der Waals surface area contributed by atoms with E-state index in [1.807, 2.05) is 54.6 Å². The largest absolute Gasteiger partial charge is 0.497 e. The van der Waals surface area contributed by atoms with Crippen LogP contribution in [0.25, 0.3) is 0 Å². The molecule has 0 saturated carbocycles. The normalized spacial score (nSPS) is 15.2. The third-order valence-corrected chi connectivity index (χ3v) is 5.60. The van der Waals surface area contributed by atoms with E-state index in [1.54, 1.807) is 13.2 Å². The van der Waals surface area contributed by atoms with Crippen molar-refractivity contribution in [3.05, 3.63) is 101 Å². The fourth-order valence-corrected chi connectivity index (χ4v) is 3.82. The third kappa shape index (κ3) is 4.77. The number of nitrogens with zero attached hydrogens (tertiary/aromatic N) is 3. The molecule has 1 heterocycles. The molecule has 0 unspecified atom stereocenters. The predicted octanol–water partition coefficient (Wildman–Crippen LogP) is 4.28. The highest BCUT2D eigenvalue weighted by Crippen LogP contribution is 2.33. The topological polar surface area (TPSA) is 62.2 Å². The van der Waals surface area contributed by atoms with Gasteiger partial charge in [-0.25, -0.2) is 9.40 Å². The quantitative estimate of drug-likeness (QED) is 0.569. The molecule has 0 radical (unpaired) electrons. The molecule has 0 aromatic heterocycles. The maximum atomic E-state index is 14.0. The van der Waals surface area contributed by atoms with Gasteiger partial charge in [0.05, 0.1) is 24.4 Å². The minimum Gasteiger partial charge on any atom is -0.497 e. The van der Waals surface area contributed by atoms with Crippen molar-refractivity contribution < 1.29 is 18.7 Å². The fourth-order valence-electron chi connectivity index (χ4n) is 3.82. The van der Waals surface area contributed by atoms with E-state index in [1.165, 1.54) is 35.2 Å². The van der Waals surface area contributed by atoms with Crippen LogP contribution in [0.3, 0.4) is 0 Å². The average Bonchev–Trinajstić information content (AvgIpc) is 3.30. The molecule has 3 aromatic rings. The van der Waals surface area contributed by atoms with E-state index >= 15 is 0 Å². The van der Waals surface area contributed by atoms with Gasteiger partial charge in [-0.3, -0.25) is 9.59 Å². The van der Waals surface area contributed by atoms with Gasteiger partial charge in [-0.1, -0.05) is 42.5 Å². The number of benzene rings is 3. The van der Waals surface area contributed by atoms with Crippen molar-refractivity contribution in [1.29, 1.82) is 0 Å². The summed E-state index contributed by atoms with van der Waals surface area (Å²) in [6, 6.07) is 22.6. The first-order valence-corrected chi connectivity index (χ1v) is 10.6. The van der Waals surface area contributed by atoms with Crippen LogP contribution >= 0.6 is 0 Å². The number of rotatable bonds is 6. The highest BCUT2D eigenvalue weighted by atomic mass is 19.1. The minimum absolute atomic E-state index is 0.0729. The van der Waals surface area contributed by atoms with E-state index in [4.69, 9.17) is 4.74 Å². The van der Waals surface area contributed by atoms with Gasteiger partial charge in [0, 0.05) is 13.5 Å². The monoisotopic (exact) mass is 445 g/mol. The summed E-state index contributed by atoms with van der Waals surface area (Å²) in [6.45, 7) is -0.226. The summed E-state index contributed by atoms with van der Waals surface area (Å²) in [5.41, 5.74) is 2.53. The molecular weight excluding hydrogens is 421 g/mol. The number of carbonyl (C=O) groups is 2. The molecule has 1 aliphatic rings. The van der Waals surface area contributed by atoms with Crippen LogP contribution in [-0.4, -0.2) is 48.1 Å². The van der Waals surface area contributed by atoms with Crippen LogP contribution < -0.4 is 4.74 Å². The number of likely N-dealkylation sites (N-methyl/N-ethyl adjacent to an activating group) is 1. The molecule has 0 aliphatic carbocycles. The summed E-state index contributed by atoms with van der Waals surface area (Å²) >= 11 is 0. The number of hydrogen-bond donors (Lipinski definition) is 0. The first-order chi connectivity index (χ1) is 16.0. The molecule has 4 rings (SSSR count). The van der Waals surface area contributed by atoms with Crippen molar-refractivity contribution in [2.24, 2.45) is 5.10 Å². The van der Waals surface area contributed by atoms with Crippen LogP contribution in [0.5, 0.6) is 5.75 Å². The molecule has 1 atom stereocenters. The first kappa shape index (κ1) is 22.2. The molecule has 0 bridgehead atoms. The molecule has 0 spiro atoms. The molecule has 7 heteroatoms. The van der Waals surface area contributed by atoms with Gasteiger partial charge in [-0.05, 0) is 47.5 Å². The highest BCUT2D eigenvalue weighted by Gasteiger charge is 2.34. The average molecular weight is 445 g/mol. The third-order valence-electron chi connectivity index (χ3n) is 5.60. The lowest BCUT2D eigenvalue weighted by Gasteiger charge is -2.25. The molecule has 6 nitrogen and oxygen atoms in total. The summed E-state index contributed by atoms with van der Waals surface area (Å²) in [4.78, 5) is 27.1. The number of amides is 2. The Morgan fingerprint density at radius 2 is 1.70 bits per heavy atom. The maximum absolute atomic E-state index is 14.0. The highest BCUT2D eigenvalue weighted by molar-refractivity contribution is 6.03. The Balaban J connectivity index is 1.58. The van der Waals surface area contributed by atoms with Gasteiger partial charge >= 0.3 is 0 Å². The standard InChI is InChI=1S/C26H24FN3O3/c1-29(26(32)21-10-6-7-11-22(21)27)17-25(31)30-24(19-8-4-3-5-9-19)16-23(28-30)18-12-14-20(33-2)15-13-18/h3-15,24H,16-17H2,1-2H3/t24-/m1/s1. The predicted molar refractivity (Wildman–Crippen MR) is 124 cm³/mol.